The zero-order valence-corrected chi connectivity index (χ0v) is 14.1. The molecule has 0 unspecified atom stereocenters. The second-order valence-electron chi connectivity index (χ2n) is 5.30. The first-order valence-corrected chi connectivity index (χ1v) is 7.76. The molecule has 0 amide bonds. The van der Waals surface area contributed by atoms with E-state index in [-0.39, 0.29) is 23.0 Å². The zero-order valence-electron chi connectivity index (χ0n) is 14.1. The van der Waals surface area contributed by atoms with E-state index >= 15 is 0 Å². The molecule has 3 aromatic rings. The van der Waals surface area contributed by atoms with Crippen molar-refractivity contribution >= 4 is 12.3 Å². The third-order valence-corrected chi connectivity index (χ3v) is 3.55. The lowest BCUT2D eigenvalue weighted by Crippen LogP contribution is -2.00. The van der Waals surface area contributed by atoms with Gasteiger partial charge in [0.05, 0.1) is 18.2 Å². The number of phenolic OH excluding ortho intramolecular Hbond substituents is 2. The molecule has 0 heterocycles. The maximum atomic E-state index is 11.2. The number of ether oxygens (including phenoxy) is 1. The molecule has 0 fully saturated rings. The van der Waals surface area contributed by atoms with Gasteiger partial charge >= 0.3 is 5.97 Å². The molecule has 3 aromatic carbocycles. The van der Waals surface area contributed by atoms with Crippen molar-refractivity contribution in [2.45, 2.75) is 0 Å². The number of carbonyl (C=O) groups excluding carboxylic acids is 2. The summed E-state index contributed by atoms with van der Waals surface area (Å²) in [6.07, 6.45) is 0.523. The van der Waals surface area contributed by atoms with Crippen LogP contribution in [0, 0.1) is 0 Å². The smallest absolute Gasteiger partial charge is 0.337 e. The lowest BCUT2D eigenvalue weighted by molar-refractivity contribution is 0.0600. The van der Waals surface area contributed by atoms with Gasteiger partial charge in [-0.2, -0.15) is 0 Å². The van der Waals surface area contributed by atoms with E-state index in [1.54, 1.807) is 12.1 Å². The van der Waals surface area contributed by atoms with Crippen LogP contribution in [0.5, 0.6) is 11.5 Å². The molecule has 5 heteroatoms. The number of methoxy groups -OCH3 is 1. The third kappa shape index (κ3) is 4.95. The maximum absolute atomic E-state index is 11.2. The van der Waals surface area contributed by atoms with Crippen LogP contribution >= 0.6 is 0 Å². The maximum Gasteiger partial charge on any atom is 0.337 e. The van der Waals surface area contributed by atoms with Crippen LogP contribution in [-0.4, -0.2) is 29.6 Å². The molecular formula is C21H18O5. The summed E-state index contributed by atoms with van der Waals surface area (Å²) in [5, 5.41) is 17.7. The van der Waals surface area contributed by atoms with Crippen LogP contribution in [-0.2, 0) is 4.74 Å². The second-order valence-corrected chi connectivity index (χ2v) is 5.30. The number of esters is 1. The van der Waals surface area contributed by atoms with Crippen molar-refractivity contribution in [3.63, 3.8) is 0 Å². The van der Waals surface area contributed by atoms with Gasteiger partial charge in [-0.15, -0.1) is 0 Å². The summed E-state index contributed by atoms with van der Waals surface area (Å²) in [6, 6.07) is 21.2. The van der Waals surface area contributed by atoms with Gasteiger partial charge in [-0.05, 0) is 35.4 Å². The van der Waals surface area contributed by atoms with Crippen LogP contribution in [0.1, 0.15) is 20.7 Å². The lowest BCUT2D eigenvalue weighted by Gasteiger charge is -2.02. The minimum Gasteiger partial charge on any atom is -0.508 e. The van der Waals surface area contributed by atoms with E-state index in [0.717, 1.165) is 17.2 Å². The highest BCUT2D eigenvalue weighted by molar-refractivity contribution is 5.89. The number of carbonyl (C=O) groups is 2. The highest BCUT2D eigenvalue weighted by Gasteiger charge is 2.04. The van der Waals surface area contributed by atoms with Gasteiger partial charge in [-0.3, -0.25) is 4.79 Å². The Labute approximate surface area is 151 Å². The second kappa shape index (κ2) is 9.03. The Bertz CT molecular complexity index is 871. The van der Waals surface area contributed by atoms with Gasteiger partial charge in [0.1, 0.15) is 11.5 Å². The molecule has 26 heavy (non-hydrogen) atoms. The topological polar surface area (TPSA) is 83.8 Å². The van der Waals surface area contributed by atoms with Crippen molar-refractivity contribution < 1.29 is 24.5 Å². The molecule has 0 aliphatic carbocycles. The van der Waals surface area contributed by atoms with Crippen LogP contribution in [0.15, 0.2) is 72.8 Å². The summed E-state index contributed by atoms with van der Waals surface area (Å²) in [6.45, 7) is 0. The van der Waals surface area contributed by atoms with Crippen LogP contribution in [0.3, 0.4) is 0 Å². The first-order chi connectivity index (χ1) is 12.5. The van der Waals surface area contributed by atoms with Gasteiger partial charge in [0.15, 0.2) is 6.29 Å². The first-order valence-electron chi connectivity index (χ1n) is 7.76. The van der Waals surface area contributed by atoms with E-state index < -0.39 is 0 Å². The fraction of sp³-hybridized carbons (Fsp3) is 0.0476. The minimum absolute atomic E-state index is 0.0527. The Hall–Kier alpha value is -3.60. The van der Waals surface area contributed by atoms with Crippen molar-refractivity contribution in [3.8, 4) is 22.6 Å². The van der Waals surface area contributed by atoms with Crippen LogP contribution < -0.4 is 0 Å². The Kier molecular flexibility index (Phi) is 6.51. The van der Waals surface area contributed by atoms with Gasteiger partial charge in [-0.25, -0.2) is 4.79 Å². The molecule has 3 rings (SSSR count). The lowest BCUT2D eigenvalue weighted by atomic mass is 10.0. The molecule has 0 aliphatic rings. The number of hydrogen-bond acceptors (Lipinski definition) is 5. The zero-order chi connectivity index (χ0) is 18.9. The van der Waals surface area contributed by atoms with E-state index in [9.17, 15) is 9.59 Å². The summed E-state index contributed by atoms with van der Waals surface area (Å²) in [4.78, 5) is 21.3. The van der Waals surface area contributed by atoms with Crippen molar-refractivity contribution in [1.29, 1.82) is 0 Å². The van der Waals surface area contributed by atoms with Gasteiger partial charge in [0.25, 0.3) is 0 Å². The highest BCUT2D eigenvalue weighted by atomic mass is 16.5. The number of hydrogen-bond donors (Lipinski definition) is 2. The van der Waals surface area contributed by atoms with Crippen LogP contribution in [0.25, 0.3) is 11.1 Å². The summed E-state index contributed by atoms with van der Waals surface area (Å²) in [7, 11) is 1.38. The van der Waals surface area contributed by atoms with E-state index in [2.05, 4.69) is 4.74 Å². The van der Waals surface area contributed by atoms with E-state index in [1.807, 2.05) is 42.5 Å². The van der Waals surface area contributed by atoms with Gasteiger partial charge < -0.3 is 14.9 Å². The predicted molar refractivity (Wildman–Crippen MR) is 98.4 cm³/mol. The Morgan fingerprint density at radius 2 is 1.50 bits per heavy atom. The molecule has 0 atom stereocenters. The molecule has 2 N–H and O–H groups in total. The van der Waals surface area contributed by atoms with E-state index in [1.165, 1.54) is 19.2 Å². The number of aromatic hydroxyl groups is 2. The normalized spacial score (nSPS) is 9.58. The molecule has 0 saturated carbocycles. The summed E-state index contributed by atoms with van der Waals surface area (Å²) in [5.41, 5.74) is 2.98. The standard InChI is InChI=1S/C14H12O2.C7H6O3/c1-16-14(15)13-9-7-12(8-10-13)11-5-3-2-4-6-11;8-4-5-1-2-6(9)3-7(5)10/h2-10H,1H3;1-4,9-10H. The Balaban J connectivity index is 0.000000209. The monoisotopic (exact) mass is 350 g/mol. The van der Waals surface area contributed by atoms with Crippen LogP contribution in [0.4, 0.5) is 0 Å². The predicted octanol–water partition coefficient (Wildman–Crippen LogP) is 4.05. The quantitative estimate of drug-likeness (QED) is 0.550. The largest absolute Gasteiger partial charge is 0.508 e. The Morgan fingerprint density at radius 3 is 2.04 bits per heavy atom. The third-order valence-electron chi connectivity index (χ3n) is 3.55. The first kappa shape index (κ1) is 18.7. The molecule has 0 radical (unpaired) electrons. The van der Waals surface area contributed by atoms with Crippen LogP contribution in [0.2, 0.25) is 0 Å². The van der Waals surface area contributed by atoms with E-state index in [0.29, 0.717) is 11.8 Å². The van der Waals surface area contributed by atoms with Gasteiger partial charge in [0, 0.05) is 6.07 Å². The molecule has 0 bridgehead atoms. The SMILES string of the molecule is COC(=O)c1ccc(-c2ccccc2)cc1.O=Cc1ccc(O)cc1O. The van der Waals surface area contributed by atoms with E-state index in [4.69, 9.17) is 10.2 Å². The molecule has 0 saturated heterocycles. The molecule has 132 valence electrons. The van der Waals surface area contributed by atoms with Crippen molar-refractivity contribution in [2.75, 3.05) is 7.11 Å². The molecule has 0 spiro atoms. The minimum atomic E-state index is -0.306. The van der Waals surface area contributed by atoms with Crippen molar-refractivity contribution in [1.82, 2.24) is 0 Å². The molecule has 0 aromatic heterocycles. The van der Waals surface area contributed by atoms with Crippen molar-refractivity contribution in [2.24, 2.45) is 0 Å². The summed E-state index contributed by atoms with van der Waals surface area (Å²) in [5.74, 6) is -0.558. The van der Waals surface area contributed by atoms with Gasteiger partial charge in [0.2, 0.25) is 0 Å². The number of benzene rings is 3. The summed E-state index contributed by atoms with van der Waals surface area (Å²) >= 11 is 0. The summed E-state index contributed by atoms with van der Waals surface area (Å²) < 4.78 is 4.64. The fourth-order valence-electron chi connectivity index (χ4n) is 2.18. The average molecular weight is 350 g/mol. The molecular weight excluding hydrogens is 332 g/mol. The molecule has 5 nitrogen and oxygen atoms in total. The molecule has 0 aliphatic heterocycles. The Morgan fingerprint density at radius 1 is 0.885 bits per heavy atom. The average Bonchev–Trinajstić information content (AvgIpc) is 2.69. The number of phenols is 2. The highest BCUT2D eigenvalue weighted by Crippen LogP contribution is 2.20. The number of rotatable bonds is 3. The van der Waals surface area contributed by atoms with Crippen molar-refractivity contribution in [3.05, 3.63) is 83.9 Å². The van der Waals surface area contributed by atoms with Gasteiger partial charge in [-0.1, -0.05) is 42.5 Å². The fourth-order valence-corrected chi connectivity index (χ4v) is 2.18. The number of aldehydes is 1.